The number of benzene rings is 1. The lowest BCUT2D eigenvalue weighted by atomic mass is 10.1. The number of rotatable bonds is 5. The molecule has 21 heavy (non-hydrogen) atoms. The van der Waals surface area contributed by atoms with Crippen LogP contribution in [0.5, 0.6) is 0 Å². The third-order valence-corrected chi connectivity index (χ3v) is 3.67. The number of aryl methyl sites for hydroxylation is 1. The maximum absolute atomic E-state index is 12.5. The summed E-state index contributed by atoms with van der Waals surface area (Å²) in [5, 5.41) is 3.49. The summed E-state index contributed by atoms with van der Waals surface area (Å²) in [4.78, 5) is 24.8. The van der Waals surface area contributed by atoms with Crippen molar-refractivity contribution in [2.24, 2.45) is 0 Å². The van der Waals surface area contributed by atoms with Gasteiger partial charge in [0.05, 0.1) is 5.52 Å². The fourth-order valence-electron chi connectivity index (χ4n) is 2.58. The van der Waals surface area contributed by atoms with E-state index < -0.39 is 0 Å². The lowest BCUT2D eigenvalue weighted by Crippen LogP contribution is -2.35. The van der Waals surface area contributed by atoms with Gasteiger partial charge in [-0.05, 0) is 32.4 Å². The number of pyridine rings is 1. The molecule has 0 fully saturated rings. The van der Waals surface area contributed by atoms with Gasteiger partial charge in [0.15, 0.2) is 0 Å². The van der Waals surface area contributed by atoms with Crippen LogP contribution in [0.3, 0.4) is 0 Å². The minimum Gasteiger partial charge on any atom is -0.349 e. The van der Waals surface area contributed by atoms with E-state index in [-0.39, 0.29) is 22.9 Å². The summed E-state index contributed by atoms with van der Waals surface area (Å²) in [6, 6.07) is 7.48. The second-order valence-electron chi connectivity index (χ2n) is 5.34. The smallest absolute Gasteiger partial charge is 0.256 e. The van der Waals surface area contributed by atoms with Crippen molar-refractivity contribution in [3.05, 3.63) is 46.2 Å². The van der Waals surface area contributed by atoms with Gasteiger partial charge in [-0.15, -0.1) is 0 Å². The number of nitrogens with one attached hydrogen (secondary N) is 1. The largest absolute Gasteiger partial charge is 0.349 e. The van der Waals surface area contributed by atoms with Crippen molar-refractivity contribution in [2.75, 3.05) is 0 Å². The highest BCUT2D eigenvalue weighted by molar-refractivity contribution is 5.97. The molecule has 2 aromatic rings. The molecule has 1 atom stereocenters. The molecular formula is C17H22N2O2. The van der Waals surface area contributed by atoms with Crippen molar-refractivity contribution in [3.8, 4) is 0 Å². The summed E-state index contributed by atoms with van der Waals surface area (Å²) >= 11 is 0. The second-order valence-corrected chi connectivity index (χ2v) is 5.34. The van der Waals surface area contributed by atoms with Crippen LogP contribution in [-0.2, 0) is 6.54 Å². The first-order chi connectivity index (χ1) is 10.1. The lowest BCUT2D eigenvalue weighted by Gasteiger charge is -2.15. The molecule has 0 saturated carbocycles. The second kappa shape index (κ2) is 6.57. The van der Waals surface area contributed by atoms with Crippen molar-refractivity contribution < 1.29 is 4.79 Å². The number of fused-ring (bicyclic) bond motifs is 1. The van der Waals surface area contributed by atoms with Crippen molar-refractivity contribution >= 4 is 16.8 Å². The molecule has 0 aliphatic heterocycles. The summed E-state index contributed by atoms with van der Waals surface area (Å²) in [5.74, 6) is -0.283. The number of hydrogen-bond donors (Lipinski definition) is 1. The highest BCUT2D eigenvalue weighted by atomic mass is 16.2. The molecular weight excluding hydrogens is 264 g/mol. The zero-order valence-corrected chi connectivity index (χ0v) is 12.8. The van der Waals surface area contributed by atoms with Gasteiger partial charge in [0.2, 0.25) is 5.43 Å². The fourth-order valence-corrected chi connectivity index (χ4v) is 2.58. The molecule has 0 saturated heterocycles. The van der Waals surface area contributed by atoms with Gasteiger partial charge in [-0.1, -0.05) is 25.5 Å². The number of nitrogens with zero attached hydrogens (tertiary/aromatic N) is 1. The number of aromatic nitrogens is 1. The van der Waals surface area contributed by atoms with E-state index in [1.54, 1.807) is 12.3 Å². The molecule has 0 aliphatic carbocycles. The molecule has 0 unspecified atom stereocenters. The molecule has 1 N–H and O–H groups in total. The predicted octanol–water partition coefficient (Wildman–Crippen LogP) is 2.94. The standard InChI is InChI=1S/C17H22N2O2/c1-4-8-12(3)18-17(21)14-11-19(5-2)15-10-7-6-9-13(15)16(14)20/h6-7,9-12H,4-5,8H2,1-3H3,(H,18,21)/t12-/m0/s1. The van der Waals surface area contributed by atoms with Crippen LogP contribution in [0.15, 0.2) is 35.3 Å². The fraction of sp³-hybridized carbons (Fsp3) is 0.412. The molecule has 1 heterocycles. The summed E-state index contributed by atoms with van der Waals surface area (Å²) in [6.45, 7) is 6.74. The van der Waals surface area contributed by atoms with Crippen LogP contribution in [0.4, 0.5) is 0 Å². The van der Waals surface area contributed by atoms with Gasteiger partial charge in [-0.3, -0.25) is 9.59 Å². The van der Waals surface area contributed by atoms with Gasteiger partial charge in [0.1, 0.15) is 5.56 Å². The van der Waals surface area contributed by atoms with E-state index >= 15 is 0 Å². The Hall–Kier alpha value is -2.10. The Bertz CT molecular complexity index is 703. The average molecular weight is 286 g/mol. The van der Waals surface area contributed by atoms with E-state index in [0.717, 1.165) is 18.4 Å². The molecule has 2 rings (SSSR count). The molecule has 1 amide bonds. The predicted molar refractivity (Wildman–Crippen MR) is 85.7 cm³/mol. The Morgan fingerprint density at radius 1 is 1.29 bits per heavy atom. The lowest BCUT2D eigenvalue weighted by molar-refractivity contribution is 0.0936. The number of carbonyl (C=O) groups excluding carboxylic acids is 1. The summed E-state index contributed by atoms with van der Waals surface area (Å²) in [7, 11) is 0. The SMILES string of the molecule is CCC[C@H](C)NC(=O)c1cn(CC)c2ccccc2c1=O. The first kappa shape index (κ1) is 15.3. The van der Waals surface area contributed by atoms with E-state index in [0.29, 0.717) is 11.9 Å². The van der Waals surface area contributed by atoms with Crippen LogP contribution in [0.2, 0.25) is 0 Å². The molecule has 0 spiro atoms. The van der Waals surface area contributed by atoms with Crippen molar-refractivity contribution in [1.82, 2.24) is 9.88 Å². The molecule has 0 radical (unpaired) electrons. The van der Waals surface area contributed by atoms with Gasteiger partial charge in [0.25, 0.3) is 5.91 Å². The summed E-state index contributed by atoms with van der Waals surface area (Å²) in [6.07, 6.45) is 3.57. The Balaban J connectivity index is 2.47. The van der Waals surface area contributed by atoms with E-state index in [1.165, 1.54) is 0 Å². The molecule has 112 valence electrons. The van der Waals surface area contributed by atoms with E-state index in [1.807, 2.05) is 36.6 Å². The van der Waals surface area contributed by atoms with Crippen molar-refractivity contribution in [1.29, 1.82) is 0 Å². The Morgan fingerprint density at radius 2 is 2.00 bits per heavy atom. The summed E-state index contributed by atoms with van der Waals surface area (Å²) in [5.41, 5.74) is 0.887. The molecule has 0 aliphatic rings. The van der Waals surface area contributed by atoms with Gasteiger partial charge >= 0.3 is 0 Å². The van der Waals surface area contributed by atoms with E-state index in [2.05, 4.69) is 12.2 Å². The Labute approximate surface area is 124 Å². The molecule has 4 nitrogen and oxygen atoms in total. The minimum absolute atomic E-state index is 0.0726. The average Bonchev–Trinajstić information content (AvgIpc) is 2.48. The van der Waals surface area contributed by atoms with Crippen LogP contribution in [0.1, 0.15) is 44.0 Å². The number of carbonyl (C=O) groups is 1. The topological polar surface area (TPSA) is 51.1 Å². The highest BCUT2D eigenvalue weighted by Gasteiger charge is 2.16. The first-order valence-electron chi connectivity index (χ1n) is 7.51. The van der Waals surface area contributed by atoms with Gasteiger partial charge in [0, 0.05) is 24.2 Å². The van der Waals surface area contributed by atoms with E-state index in [9.17, 15) is 9.59 Å². The van der Waals surface area contributed by atoms with Gasteiger partial charge in [-0.25, -0.2) is 0 Å². The highest BCUT2D eigenvalue weighted by Crippen LogP contribution is 2.12. The molecule has 4 heteroatoms. The van der Waals surface area contributed by atoms with Crippen LogP contribution in [0.25, 0.3) is 10.9 Å². The normalized spacial score (nSPS) is 12.3. The Kier molecular flexibility index (Phi) is 4.78. The molecule has 1 aromatic heterocycles. The van der Waals surface area contributed by atoms with Crippen molar-refractivity contribution in [2.45, 2.75) is 46.2 Å². The van der Waals surface area contributed by atoms with Crippen LogP contribution in [0, 0.1) is 0 Å². The Morgan fingerprint density at radius 3 is 2.67 bits per heavy atom. The number of hydrogen-bond acceptors (Lipinski definition) is 2. The number of para-hydroxylation sites is 1. The minimum atomic E-state index is -0.283. The maximum atomic E-state index is 12.5. The third kappa shape index (κ3) is 3.15. The zero-order chi connectivity index (χ0) is 15.4. The van der Waals surface area contributed by atoms with Crippen LogP contribution < -0.4 is 10.7 Å². The van der Waals surface area contributed by atoms with Crippen molar-refractivity contribution in [3.63, 3.8) is 0 Å². The zero-order valence-electron chi connectivity index (χ0n) is 12.8. The van der Waals surface area contributed by atoms with Crippen LogP contribution in [-0.4, -0.2) is 16.5 Å². The maximum Gasteiger partial charge on any atom is 0.256 e. The molecule has 0 bridgehead atoms. The number of amides is 1. The van der Waals surface area contributed by atoms with Gasteiger partial charge in [-0.2, -0.15) is 0 Å². The van der Waals surface area contributed by atoms with Gasteiger partial charge < -0.3 is 9.88 Å². The first-order valence-corrected chi connectivity index (χ1v) is 7.51. The van der Waals surface area contributed by atoms with E-state index in [4.69, 9.17) is 0 Å². The third-order valence-electron chi connectivity index (χ3n) is 3.67. The quantitative estimate of drug-likeness (QED) is 0.918. The molecule has 1 aromatic carbocycles. The summed E-state index contributed by atoms with van der Waals surface area (Å²) < 4.78 is 1.94. The monoisotopic (exact) mass is 286 g/mol. The van der Waals surface area contributed by atoms with Crippen LogP contribution >= 0.6 is 0 Å².